The summed E-state index contributed by atoms with van der Waals surface area (Å²) < 4.78 is 5.05. The molecule has 0 unspecified atom stereocenters. The number of benzene rings is 1. The highest BCUT2D eigenvalue weighted by molar-refractivity contribution is 5.92. The molecule has 2 aromatic rings. The fourth-order valence-electron chi connectivity index (χ4n) is 1.47. The molecule has 0 fully saturated rings. The van der Waals surface area contributed by atoms with Crippen LogP contribution in [0.2, 0.25) is 0 Å². The van der Waals surface area contributed by atoms with E-state index in [1.165, 1.54) is 6.39 Å². The number of hydrogen-bond donors (Lipinski definition) is 2. The van der Waals surface area contributed by atoms with Gasteiger partial charge in [-0.25, -0.2) is 0 Å². The van der Waals surface area contributed by atoms with Crippen molar-refractivity contribution in [3.05, 3.63) is 30.7 Å². The number of carboxylic acid groups (broad SMARTS) is 1. The monoisotopic (exact) mass is 261 g/mol. The molecule has 7 heteroatoms. The predicted octanol–water partition coefficient (Wildman–Crippen LogP) is 1.54. The van der Waals surface area contributed by atoms with Crippen molar-refractivity contribution in [2.75, 3.05) is 5.32 Å². The summed E-state index contributed by atoms with van der Waals surface area (Å²) in [6.07, 6.45) is 0.947. The number of nitrogens with zero attached hydrogens (tertiary/aromatic N) is 2. The Bertz CT molecular complexity index is 580. The number of nitrogens with one attached hydrogen (secondary N) is 1. The molecule has 2 rings (SSSR count). The molecular formula is C12H11N3O4. The van der Waals surface area contributed by atoms with Crippen LogP contribution in [0.1, 0.15) is 12.8 Å². The highest BCUT2D eigenvalue weighted by atomic mass is 16.4. The number of amides is 1. The molecule has 0 aliphatic rings. The third kappa shape index (κ3) is 3.63. The van der Waals surface area contributed by atoms with E-state index in [1.807, 2.05) is 0 Å². The molecule has 0 spiro atoms. The molecule has 0 saturated carbocycles. The summed E-state index contributed by atoms with van der Waals surface area (Å²) in [6.45, 7) is 0. The molecular weight excluding hydrogens is 250 g/mol. The minimum atomic E-state index is -1.00. The Kier molecular flexibility index (Phi) is 3.87. The quantitative estimate of drug-likeness (QED) is 0.845. The molecule has 0 atom stereocenters. The van der Waals surface area contributed by atoms with Crippen LogP contribution in [0.3, 0.4) is 0 Å². The van der Waals surface area contributed by atoms with Gasteiger partial charge >= 0.3 is 5.97 Å². The standard InChI is InChI=1S/C12H11N3O4/c16-10(4-5-11(17)18)14-9-3-1-2-8(6-9)12-15-13-7-19-12/h1-3,6-7H,4-5H2,(H,14,16)(H,17,18). The van der Waals surface area contributed by atoms with E-state index in [-0.39, 0.29) is 18.7 Å². The summed E-state index contributed by atoms with van der Waals surface area (Å²) >= 11 is 0. The molecule has 0 aliphatic carbocycles. The van der Waals surface area contributed by atoms with Crippen molar-refractivity contribution in [2.45, 2.75) is 12.8 Å². The molecule has 1 aromatic heterocycles. The van der Waals surface area contributed by atoms with Crippen LogP contribution < -0.4 is 5.32 Å². The second kappa shape index (κ2) is 5.76. The van der Waals surface area contributed by atoms with Crippen LogP contribution in [-0.4, -0.2) is 27.2 Å². The molecule has 7 nitrogen and oxygen atoms in total. The minimum absolute atomic E-state index is 0.0693. The molecule has 1 amide bonds. The lowest BCUT2D eigenvalue weighted by atomic mass is 10.2. The lowest BCUT2D eigenvalue weighted by Gasteiger charge is -2.05. The first-order valence-corrected chi connectivity index (χ1v) is 5.53. The second-order valence-corrected chi connectivity index (χ2v) is 3.77. The van der Waals surface area contributed by atoms with Crippen molar-refractivity contribution in [1.29, 1.82) is 0 Å². The average molecular weight is 261 g/mol. The zero-order chi connectivity index (χ0) is 13.7. The molecule has 1 heterocycles. The van der Waals surface area contributed by atoms with Gasteiger partial charge < -0.3 is 14.8 Å². The number of aromatic nitrogens is 2. The van der Waals surface area contributed by atoms with E-state index < -0.39 is 5.97 Å². The number of aliphatic carboxylic acids is 1. The fraction of sp³-hybridized carbons (Fsp3) is 0.167. The van der Waals surface area contributed by atoms with Gasteiger partial charge in [-0.1, -0.05) is 6.07 Å². The summed E-state index contributed by atoms with van der Waals surface area (Å²) in [5, 5.41) is 18.4. The smallest absolute Gasteiger partial charge is 0.303 e. The van der Waals surface area contributed by atoms with Gasteiger partial charge in [0.2, 0.25) is 18.2 Å². The van der Waals surface area contributed by atoms with Gasteiger partial charge in [0.1, 0.15) is 0 Å². The van der Waals surface area contributed by atoms with Gasteiger partial charge in [0.05, 0.1) is 6.42 Å². The van der Waals surface area contributed by atoms with Crippen LogP contribution >= 0.6 is 0 Å². The Hall–Kier alpha value is -2.70. The topological polar surface area (TPSA) is 105 Å². The molecule has 1 aromatic carbocycles. The molecule has 98 valence electrons. The largest absolute Gasteiger partial charge is 0.481 e. The highest BCUT2D eigenvalue weighted by Crippen LogP contribution is 2.20. The maximum Gasteiger partial charge on any atom is 0.303 e. The number of carbonyl (C=O) groups excluding carboxylic acids is 1. The third-order valence-corrected chi connectivity index (χ3v) is 2.32. The van der Waals surface area contributed by atoms with Crippen LogP contribution in [-0.2, 0) is 9.59 Å². The predicted molar refractivity (Wildman–Crippen MR) is 65.2 cm³/mol. The average Bonchev–Trinajstić information content (AvgIpc) is 2.90. The van der Waals surface area contributed by atoms with Crippen LogP contribution in [0.15, 0.2) is 35.1 Å². The van der Waals surface area contributed by atoms with Crippen LogP contribution in [0.4, 0.5) is 5.69 Å². The lowest BCUT2D eigenvalue weighted by molar-refractivity contribution is -0.138. The van der Waals surface area contributed by atoms with Crippen molar-refractivity contribution in [1.82, 2.24) is 10.2 Å². The number of anilines is 1. The Morgan fingerprint density at radius 1 is 1.32 bits per heavy atom. The van der Waals surface area contributed by atoms with E-state index in [4.69, 9.17) is 9.52 Å². The van der Waals surface area contributed by atoms with Gasteiger partial charge in [-0.2, -0.15) is 0 Å². The highest BCUT2D eigenvalue weighted by Gasteiger charge is 2.08. The van der Waals surface area contributed by atoms with E-state index in [1.54, 1.807) is 24.3 Å². The maximum absolute atomic E-state index is 11.5. The Morgan fingerprint density at radius 3 is 2.84 bits per heavy atom. The number of carboxylic acids is 1. The Labute approximate surface area is 108 Å². The van der Waals surface area contributed by atoms with Crippen molar-refractivity contribution in [3.8, 4) is 11.5 Å². The van der Waals surface area contributed by atoms with E-state index in [9.17, 15) is 9.59 Å². The number of carbonyl (C=O) groups is 2. The molecule has 0 bridgehead atoms. The zero-order valence-electron chi connectivity index (χ0n) is 9.87. The SMILES string of the molecule is O=C(O)CCC(=O)Nc1cccc(-c2nnco2)c1. The normalized spacial score (nSPS) is 10.1. The van der Waals surface area contributed by atoms with Gasteiger partial charge in [0.15, 0.2) is 0 Å². The number of hydrogen-bond acceptors (Lipinski definition) is 5. The lowest BCUT2D eigenvalue weighted by Crippen LogP contribution is -2.13. The van der Waals surface area contributed by atoms with Crippen molar-refractivity contribution in [2.24, 2.45) is 0 Å². The first-order chi connectivity index (χ1) is 9.15. The van der Waals surface area contributed by atoms with Crippen molar-refractivity contribution in [3.63, 3.8) is 0 Å². The minimum Gasteiger partial charge on any atom is -0.481 e. The molecule has 0 radical (unpaired) electrons. The third-order valence-electron chi connectivity index (χ3n) is 2.32. The zero-order valence-corrected chi connectivity index (χ0v) is 9.87. The maximum atomic E-state index is 11.5. The van der Waals surface area contributed by atoms with Gasteiger partial charge in [-0.15, -0.1) is 10.2 Å². The first kappa shape index (κ1) is 12.7. The Morgan fingerprint density at radius 2 is 2.16 bits per heavy atom. The van der Waals surface area contributed by atoms with Crippen molar-refractivity contribution >= 4 is 17.6 Å². The van der Waals surface area contributed by atoms with Crippen LogP contribution in [0.25, 0.3) is 11.5 Å². The van der Waals surface area contributed by atoms with Crippen molar-refractivity contribution < 1.29 is 19.1 Å². The van der Waals surface area contributed by atoms with E-state index in [0.717, 1.165) is 0 Å². The molecule has 19 heavy (non-hydrogen) atoms. The molecule has 0 saturated heterocycles. The van der Waals surface area contributed by atoms with E-state index >= 15 is 0 Å². The van der Waals surface area contributed by atoms with Gasteiger partial charge in [0, 0.05) is 17.7 Å². The van der Waals surface area contributed by atoms with Gasteiger partial charge in [0.25, 0.3) is 0 Å². The van der Waals surface area contributed by atoms with E-state index in [0.29, 0.717) is 17.1 Å². The van der Waals surface area contributed by atoms with E-state index in [2.05, 4.69) is 15.5 Å². The van der Waals surface area contributed by atoms with Crippen LogP contribution in [0.5, 0.6) is 0 Å². The summed E-state index contributed by atoms with van der Waals surface area (Å²) in [7, 11) is 0. The first-order valence-electron chi connectivity index (χ1n) is 5.53. The fourth-order valence-corrected chi connectivity index (χ4v) is 1.47. The number of rotatable bonds is 5. The summed E-state index contributed by atoms with van der Waals surface area (Å²) in [4.78, 5) is 21.8. The van der Waals surface area contributed by atoms with Gasteiger partial charge in [-0.05, 0) is 18.2 Å². The molecule has 0 aliphatic heterocycles. The summed E-state index contributed by atoms with van der Waals surface area (Å²) in [5.41, 5.74) is 1.22. The second-order valence-electron chi connectivity index (χ2n) is 3.77. The molecule has 2 N–H and O–H groups in total. The Balaban J connectivity index is 2.03. The van der Waals surface area contributed by atoms with Gasteiger partial charge in [-0.3, -0.25) is 9.59 Å². The summed E-state index contributed by atoms with van der Waals surface area (Å²) in [6, 6.07) is 6.86. The van der Waals surface area contributed by atoms with Crippen LogP contribution in [0, 0.1) is 0 Å². The summed E-state index contributed by atoms with van der Waals surface area (Å²) in [5.74, 6) is -1.01.